The molecule has 7 nitrogen and oxygen atoms in total. The molecule has 1 heterocycles. The van der Waals surface area contributed by atoms with Crippen molar-refractivity contribution in [3.8, 4) is 0 Å². The smallest absolute Gasteiger partial charge is 0.372 e. The number of rotatable bonds is 7. The molecule has 0 radical (unpaired) electrons. The van der Waals surface area contributed by atoms with E-state index in [0.29, 0.717) is 18.2 Å². The molecular weight excluding hydrogens is 574 g/mol. The number of aryl methyl sites for hydroxylation is 1. The number of aromatic nitrogens is 2. The fraction of sp³-hybridized carbons (Fsp3) is 0.286. The van der Waals surface area contributed by atoms with Crippen LogP contribution in [0.1, 0.15) is 46.0 Å². The van der Waals surface area contributed by atoms with Gasteiger partial charge in [-0.05, 0) is 67.1 Å². The van der Waals surface area contributed by atoms with Crippen molar-refractivity contribution >= 4 is 57.5 Å². The standard InChI is InChI=1S/C21H22ClF3IN5O2/c1-5-7-14(22)18(27-4)31-15(10-16(30-31)21(23,24)25)20(33)29-17-11(3)8-12(26)9-13(17)19(32)28-6-2/h5,7-10,27H,6H2,1-4H3,(H,28,32)(H,29,33)/b7-5-,18-14-. The molecule has 1 aromatic carbocycles. The molecule has 3 N–H and O–H groups in total. The summed E-state index contributed by atoms with van der Waals surface area (Å²) in [6, 6.07) is 3.94. The van der Waals surface area contributed by atoms with E-state index in [9.17, 15) is 22.8 Å². The molecule has 0 atom stereocenters. The van der Waals surface area contributed by atoms with Crippen LogP contribution in [0.15, 0.2) is 35.4 Å². The summed E-state index contributed by atoms with van der Waals surface area (Å²) in [6.45, 7) is 5.46. The molecule has 0 bridgehead atoms. The topological polar surface area (TPSA) is 88.1 Å². The van der Waals surface area contributed by atoms with Crippen LogP contribution in [0.2, 0.25) is 0 Å². The van der Waals surface area contributed by atoms with Gasteiger partial charge in [0, 0.05) is 23.2 Å². The Bertz CT molecular complexity index is 1130. The molecule has 0 fully saturated rings. The second kappa shape index (κ2) is 11.1. The van der Waals surface area contributed by atoms with Crippen molar-refractivity contribution in [3.63, 3.8) is 0 Å². The van der Waals surface area contributed by atoms with Crippen LogP contribution in [-0.4, -0.2) is 35.2 Å². The Hall–Kier alpha value is -2.54. The highest BCUT2D eigenvalue weighted by Gasteiger charge is 2.36. The number of nitrogens with zero attached hydrogens (tertiary/aromatic N) is 2. The highest BCUT2D eigenvalue weighted by Crippen LogP contribution is 2.31. The molecule has 0 saturated carbocycles. The Balaban J connectivity index is 2.65. The minimum Gasteiger partial charge on any atom is -0.372 e. The Morgan fingerprint density at radius 3 is 2.45 bits per heavy atom. The van der Waals surface area contributed by atoms with Gasteiger partial charge in [0.15, 0.2) is 5.69 Å². The maximum absolute atomic E-state index is 13.4. The van der Waals surface area contributed by atoms with Gasteiger partial charge < -0.3 is 16.0 Å². The Morgan fingerprint density at radius 1 is 1.24 bits per heavy atom. The fourth-order valence-corrected chi connectivity index (χ4v) is 4.00. The monoisotopic (exact) mass is 595 g/mol. The second-order valence-corrected chi connectivity index (χ2v) is 8.38. The highest BCUT2D eigenvalue weighted by molar-refractivity contribution is 14.1. The summed E-state index contributed by atoms with van der Waals surface area (Å²) in [5, 5.41) is 11.5. The third kappa shape index (κ3) is 6.28. The van der Waals surface area contributed by atoms with Crippen LogP contribution in [0.25, 0.3) is 5.82 Å². The van der Waals surface area contributed by atoms with Crippen molar-refractivity contribution in [3.05, 3.63) is 61.5 Å². The molecule has 12 heteroatoms. The van der Waals surface area contributed by atoms with Gasteiger partial charge in [-0.25, -0.2) is 4.68 Å². The average molecular weight is 596 g/mol. The second-order valence-electron chi connectivity index (χ2n) is 6.73. The van der Waals surface area contributed by atoms with Crippen molar-refractivity contribution < 1.29 is 22.8 Å². The molecule has 0 saturated heterocycles. The Morgan fingerprint density at radius 2 is 1.91 bits per heavy atom. The van der Waals surface area contributed by atoms with E-state index in [0.717, 1.165) is 8.25 Å². The predicted octanol–water partition coefficient (Wildman–Crippen LogP) is 4.98. The van der Waals surface area contributed by atoms with Gasteiger partial charge in [0.2, 0.25) is 0 Å². The summed E-state index contributed by atoms with van der Waals surface area (Å²) in [6.07, 6.45) is -1.77. The van der Waals surface area contributed by atoms with E-state index in [4.69, 9.17) is 11.6 Å². The zero-order valence-corrected chi connectivity index (χ0v) is 21.1. The van der Waals surface area contributed by atoms with Crippen LogP contribution in [0.5, 0.6) is 0 Å². The largest absolute Gasteiger partial charge is 0.435 e. The number of carbonyl (C=O) groups excluding carboxylic acids is 2. The van der Waals surface area contributed by atoms with E-state index in [1.54, 1.807) is 39.0 Å². The van der Waals surface area contributed by atoms with Gasteiger partial charge in [-0.1, -0.05) is 17.7 Å². The summed E-state index contributed by atoms with van der Waals surface area (Å²) < 4.78 is 41.8. The van der Waals surface area contributed by atoms with E-state index in [1.807, 2.05) is 22.6 Å². The van der Waals surface area contributed by atoms with E-state index < -0.39 is 29.4 Å². The number of nitrogens with one attached hydrogen (secondary N) is 3. The lowest BCUT2D eigenvalue weighted by atomic mass is 10.1. The van der Waals surface area contributed by atoms with Crippen LogP contribution < -0.4 is 16.0 Å². The lowest BCUT2D eigenvalue weighted by molar-refractivity contribution is -0.141. The molecule has 0 spiro atoms. The maximum atomic E-state index is 13.4. The SMILES string of the molecule is C/C=C\C(Cl)=C(/NC)n1nc(C(F)(F)F)cc1C(=O)Nc1c(C)cc(I)cc1C(=O)NCC. The third-order valence-electron chi connectivity index (χ3n) is 4.34. The van der Waals surface area contributed by atoms with Crippen molar-refractivity contribution in [1.82, 2.24) is 20.4 Å². The van der Waals surface area contributed by atoms with Crippen molar-refractivity contribution in [2.24, 2.45) is 0 Å². The van der Waals surface area contributed by atoms with Gasteiger partial charge in [-0.2, -0.15) is 18.3 Å². The zero-order chi connectivity index (χ0) is 24.9. The first-order chi connectivity index (χ1) is 15.4. The van der Waals surface area contributed by atoms with Crippen LogP contribution in [0.3, 0.4) is 0 Å². The number of alkyl halides is 3. The van der Waals surface area contributed by atoms with Gasteiger partial charge in [0.05, 0.1) is 16.3 Å². The van der Waals surface area contributed by atoms with Crippen molar-refractivity contribution in [2.45, 2.75) is 26.9 Å². The number of allylic oxidation sites excluding steroid dienone is 3. The van der Waals surface area contributed by atoms with E-state index in [2.05, 4.69) is 21.0 Å². The lowest BCUT2D eigenvalue weighted by Crippen LogP contribution is -2.27. The van der Waals surface area contributed by atoms with Crippen LogP contribution in [0.4, 0.5) is 18.9 Å². The number of carbonyl (C=O) groups is 2. The molecule has 0 aliphatic carbocycles. The third-order valence-corrected chi connectivity index (χ3v) is 5.27. The molecule has 2 rings (SSSR count). The number of halogens is 5. The quantitative estimate of drug-likeness (QED) is 0.311. The minimum atomic E-state index is -4.79. The van der Waals surface area contributed by atoms with Gasteiger partial charge >= 0.3 is 6.18 Å². The van der Waals surface area contributed by atoms with Crippen molar-refractivity contribution in [1.29, 1.82) is 0 Å². The van der Waals surface area contributed by atoms with E-state index >= 15 is 0 Å². The summed E-state index contributed by atoms with van der Waals surface area (Å²) in [5.41, 5.74) is -0.757. The van der Waals surface area contributed by atoms with E-state index in [-0.39, 0.29) is 22.1 Å². The fourth-order valence-electron chi connectivity index (χ4n) is 2.93. The number of hydrogen-bond donors (Lipinski definition) is 3. The van der Waals surface area contributed by atoms with Crippen LogP contribution >= 0.6 is 34.2 Å². The van der Waals surface area contributed by atoms with Gasteiger partial charge in [-0.15, -0.1) is 0 Å². The van der Waals surface area contributed by atoms with E-state index in [1.165, 1.54) is 13.1 Å². The molecule has 178 valence electrons. The molecule has 0 unspecified atom stereocenters. The number of anilines is 1. The summed E-state index contributed by atoms with van der Waals surface area (Å²) in [7, 11) is 1.44. The molecule has 2 amide bonds. The normalized spacial score (nSPS) is 12.5. The maximum Gasteiger partial charge on any atom is 0.435 e. The molecular formula is C21H22ClF3IN5O2. The molecule has 0 aliphatic heterocycles. The predicted molar refractivity (Wildman–Crippen MR) is 130 cm³/mol. The first kappa shape index (κ1) is 26.7. The summed E-state index contributed by atoms with van der Waals surface area (Å²) in [4.78, 5) is 25.7. The number of benzene rings is 1. The van der Waals surface area contributed by atoms with Gasteiger partial charge in [-0.3, -0.25) is 9.59 Å². The minimum absolute atomic E-state index is 0.0290. The number of amides is 2. The molecule has 1 aromatic heterocycles. The first-order valence-corrected chi connectivity index (χ1v) is 11.2. The highest BCUT2D eigenvalue weighted by atomic mass is 127. The van der Waals surface area contributed by atoms with Crippen LogP contribution in [0, 0.1) is 10.5 Å². The molecule has 33 heavy (non-hydrogen) atoms. The Labute approximate surface area is 207 Å². The molecule has 0 aliphatic rings. The number of hydrogen-bond acceptors (Lipinski definition) is 4. The summed E-state index contributed by atoms with van der Waals surface area (Å²) >= 11 is 8.22. The lowest BCUT2D eigenvalue weighted by Gasteiger charge is -2.16. The van der Waals surface area contributed by atoms with Gasteiger partial charge in [0.25, 0.3) is 11.8 Å². The average Bonchev–Trinajstić information content (AvgIpc) is 3.16. The summed E-state index contributed by atoms with van der Waals surface area (Å²) in [5.74, 6) is -1.35. The molecule has 2 aromatic rings. The van der Waals surface area contributed by atoms with Crippen LogP contribution in [-0.2, 0) is 6.18 Å². The zero-order valence-electron chi connectivity index (χ0n) is 18.2. The van der Waals surface area contributed by atoms with Gasteiger partial charge in [0.1, 0.15) is 11.5 Å². The first-order valence-electron chi connectivity index (χ1n) is 9.72. The van der Waals surface area contributed by atoms with Crippen molar-refractivity contribution in [2.75, 3.05) is 18.9 Å². The Kier molecular flexibility index (Phi) is 8.95.